The molecule has 5 heteroatoms. The molecule has 142 valence electrons. The highest BCUT2D eigenvalue weighted by Gasteiger charge is 2.25. The fraction of sp³-hybridized carbons (Fsp3) is 0.261. The number of Topliss-reactive ketones (excluding diaryl/α,β-unsaturated/α-hetero) is 1. The van der Waals surface area contributed by atoms with Gasteiger partial charge >= 0.3 is 0 Å². The highest BCUT2D eigenvalue weighted by Crippen LogP contribution is 2.30. The average molecular weight is 373 g/mol. The molecule has 1 aliphatic rings. The topological polar surface area (TPSA) is 64.0 Å². The second-order valence-electron chi connectivity index (χ2n) is 7.36. The molecular formula is C23H23N3O2. The number of nitrogens with one attached hydrogen (secondary N) is 1. The minimum absolute atomic E-state index is 0.123. The summed E-state index contributed by atoms with van der Waals surface area (Å²) in [4.78, 5) is 24.8. The normalized spacial score (nSPS) is 13.8. The first-order chi connectivity index (χ1) is 13.6. The maximum absolute atomic E-state index is 12.5. The van der Waals surface area contributed by atoms with Crippen LogP contribution in [0.25, 0.3) is 11.1 Å². The molecule has 0 unspecified atom stereocenters. The van der Waals surface area contributed by atoms with Gasteiger partial charge in [-0.15, -0.1) is 0 Å². The van der Waals surface area contributed by atoms with E-state index >= 15 is 0 Å². The van der Waals surface area contributed by atoms with Crippen molar-refractivity contribution >= 4 is 11.7 Å². The van der Waals surface area contributed by atoms with Crippen LogP contribution < -0.4 is 5.32 Å². The van der Waals surface area contributed by atoms with Gasteiger partial charge in [0.1, 0.15) is 0 Å². The number of aromatic nitrogens is 2. The fourth-order valence-electron chi connectivity index (χ4n) is 3.42. The molecule has 2 aromatic carbocycles. The minimum Gasteiger partial charge on any atom is -0.348 e. The Hall–Kier alpha value is -3.21. The zero-order chi connectivity index (χ0) is 19.5. The van der Waals surface area contributed by atoms with E-state index in [1.54, 1.807) is 16.9 Å². The summed E-state index contributed by atoms with van der Waals surface area (Å²) in [6.45, 7) is 0.439. The smallest absolute Gasteiger partial charge is 0.251 e. The SMILES string of the molecule is Cn1cc(CNC(=O)c2cccc(-c3ccc(C(=O)C4CCC4)cc3)c2)cn1. The molecule has 0 aliphatic heterocycles. The molecule has 0 spiro atoms. The van der Waals surface area contributed by atoms with Crippen LogP contribution in [0, 0.1) is 5.92 Å². The molecule has 0 radical (unpaired) electrons. The van der Waals surface area contributed by atoms with Crippen LogP contribution in [0.5, 0.6) is 0 Å². The summed E-state index contributed by atoms with van der Waals surface area (Å²) in [5, 5.41) is 7.02. The summed E-state index contributed by atoms with van der Waals surface area (Å²) in [5.41, 5.74) is 4.29. The van der Waals surface area contributed by atoms with Crippen molar-refractivity contribution in [2.24, 2.45) is 13.0 Å². The third-order valence-corrected chi connectivity index (χ3v) is 5.31. The first-order valence-electron chi connectivity index (χ1n) is 9.60. The lowest BCUT2D eigenvalue weighted by molar-refractivity contribution is 0.0854. The predicted octanol–water partition coefficient (Wildman–Crippen LogP) is 4.00. The van der Waals surface area contributed by atoms with Crippen LogP contribution >= 0.6 is 0 Å². The molecule has 0 bridgehead atoms. The lowest BCUT2D eigenvalue weighted by atomic mass is 9.80. The molecule has 1 fully saturated rings. The van der Waals surface area contributed by atoms with E-state index in [-0.39, 0.29) is 17.6 Å². The molecule has 1 aliphatic carbocycles. The Bertz CT molecular complexity index is 1000. The first-order valence-corrected chi connectivity index (χ1v) is 9.60. The number of carbonyl (C=O) groups excluding carboxylic acids is 2. The molecule has 1 heterocycles. The third-order valence-electron chi connectivity index (χ3n) is 5.31. The lowest BCUT2D eigenvalue weighted by Crippen LogP contribution is -2.22. The average Bonchev–Trinajstić information content (AvgIpc) is 3.10. The van der Waals surface area contributed by atoms with Crippen LogP contribution in [0.2, 0.25) is 0 Å². The van der Waals surface area contributed by atoms with Crippen LogP contribution in [-0.4, -0.2) is 21.5 Å². The van der Waals surface area contributed by atoms with Crippen molar-refractivity contribution in [1.29, 1.82) is 0 Å². The Morgan fingerprint density at radius 3 is 2.50 bits per heavy atom. The van der Waals surface area contributed by atoms with Crippen molar-refractivity contribution in [3.8, 4) is 11.1 Å². The molecule has 1 saturated carbocycles. The summed E-state index contributed by atoms with van der Waals surface area (Å²) in [7, 11) is 1.85. The van der Waals surface area contributed by atoms with Gasteiger partial charge in [0.2, 0.25) is 0 Å². The van der Waals surface area contributed by atoms with E-state index in [1.807, 2.05) is 55.7 Å². The highest BCUT2D eigenvalue weighted by atomic mass is 16.1. The highest BCUT2D eigenvalue weighted by molar-refractivity contribution is 5.99. The Balaban J connectivity index is 1.45. The molecular weight excluding hydrogens is 350 g/mol. The summed E-state index contributed by atoms with van der Waals surface area (Å²) >= 11 is 0. The number of amides is 1. The monoisotopic (exact) mass is 373 g/mol. The van der Waals surface area contributed by atoms with E-state index < -0.39 is 0 Å². The number of hydrogen-bond acceptors (Lipinski definition) is 3. The summed E-state index contributed by atoms with van der Waals surface area (Å²) in [5.74, 6) is 0.335. The van der Waals surface area contributed by atoms with Gasteiger partial charge in [-0.3, -0.25) is 14.3 Å². The van der Waals surface area contributed by atoms with Gasteiger partial charge in [-0.1, -0.05) is 42.8 Å². The van der Waals surface area contributed by atoms with Crippen LogP contribution in [0.15, 0.2) is 60.9 Å². The van der Waals surface area contributed by atoms with E-state index in [1.165, 1.54) is 0 Å². The quantitative estimate of drug-likeness (QED) is 0.664. The second-order valence-corrected chi connectivity index (χ2v) is 7.36. The molecule has 3 aromatic rings. The van der Waals surface area contributed by atoms with Crippen molar-refractivity contribution in [3.63, 3.8) is 0 Å². The van der Waals surface area contributed by atoms with E-state index in [2.05, 4.69) is 10.4 Å². The van der Waals surface area contributed by atoms with Crippen LogP contribution in [0.4, 0.5) is 0 Å². The Labute approximate surface area is 164 Å². The number of aryl methyl sites for hydroxylation is 1. The van der Waals surface area contributed by atoms with Crippen LogP contribution in [0.3, 0.4) is 0 Å². The number of ketones is 1. The Kier molecular flexibility index (Phi) is 5.06. The number of nitrogens with zero attached hydrogens (tertiary/aromatic N) is 2. The van der Waals surface area contributed by atoms with Crippen LogP contribution in [0.1, 0.15) is 45.5 Å². The van der Waals surface area contributed by atoms with Gasteiger partial charge in [-0.2, -0.15) is 5.10 Å². The summed E-state index contributed by atoms with van der Waals surface area (Å²) in [6, 6.07) is 15.2. The molecule has 0 saturated heterocycles. The number of rotatable bonds is 6. The number of hydrogen-bond donors (Lipinski definition) is 1. The van der Waals surface area contributed by atoms with Gasteiger partial charge in [0.15, 0.2) is 5.78 Å². The van der Waals surface area contributed by atoms with Crippen molar-refractivity contribution in [1.82, 2.24) is 15.1 Å². The van der Waals surface area contributed by atoms with Gasteiger partial charge in [0.25, 0.3) is 5.91 Å². The first kappa shape index (κ1) is 18.2. The zero-order valence-corrected chi connectivity index (χ0v) is 15.9. The van der Waals surface area contributed by atoms with Gasteiger partial charge in [0, 0.05) is 42.4 Å². The van der Waals surface area contributed by atoms with E-state index in [9.17, 15) is 9.59 Å². The van der Waals surface area contributed by atoms with Crippen molar-refractivity contribution in [3.05, 3.63) is 77.6 Å². The number of carbonyl (C=O) groups is 2. The Morgan fingerprint density at radius 1 is 1.07 bits per heavy atom. The maximum Gasteiger partial charge on any atom is 0.251 e. The van der Waals surface area contributed by atoms with Crippen molar-refractivity contribution in [2.45, 2.75) is 25.8 Å². The van der Waals surface area contributed by atoms with Gasteiger partial charge in [0.05, 0.1) is 6.20 Å². The molecule has 1 N–H and O–H groups in total. The summed E-state index contributed by atoms with van der Waals surface area (Å²) in [6.07, 6.45) is 6.80. The molecule has 5 nitrogen and oxygen atoms in total. The molecule has 1 aromatic heterocycles. The molecule has 28 heavy (non-hydrogen) atoms. The largest absolute Gasteiger partial charge is 0.348 e. The fourth-order valence-corrected chi connectivity index (χ4v) is 3.42. The molecule has 1 amide bonds. The lowest BCUT2D eigenvalue weighted by Gasteiger charge is -2.23. The van der Waals surface area contributed by atoms with Crippen LogP contribution in [-0.2, 0) is 13.6 Å². The van der Waals surface area contributed by atoms with Crippen molar-refractivity contribution in [2.75, 3.05) is 0 Å². The zero-order valence-electron chi connectivity index (χ0n) is 15.9. The second kappa shape index (κ2) is 7.80. The minimum atomic E-state index is -0.123. The molecule has 0 atom stereocenters. The van der Waals surface area contributed by atoms with E-state index in [0.29, 0.717) is 12.1 Å². The van der Waals surface area contributed by atoms with Gasteiger partial charge < -0.3 is 5.32 Å². The predicted molar refractivity (Wildman–Crippen MR) is 108 cm³/mol. The third kappa shape index (κ3) is 3.88. The van der Waals surface area contributed by atoms with Crippen molar-refractivity contribution < 1.29 is 9.59 Å². The summed E-state index contributed by atoms with van der Waals surface area (Å²) < 4.78 is 1.71. The maximum atomic E-state index is 12.5. The standard InChI is InChI=1S/C23H23N3O2/c1-26-15-16(14-25-26)13-24-23(28)21-7-3-6-20(12-21)17-8-10-19(11-9-17)22(27)18-4-2-5-18/h3,6-12,14-15,18H,2,4-5,13H2,1H3,(H,24,28). The van der Waals surface area contributed by atoms with Gasteiger partial charge in [-0.25, -0.2) is 0 Å². The Morgan fingerprint density at radius 2 is 1.86 bits per heavy atom. The molecule has 4 rings (SSSR count). The van der Waals surface area contributed by atoms with E-state index in [0.717, 1.165) is 41.5 Å². The van der Waals surface area contributed by atoms with E-state index in [4.69, 9.17) is 0 Å². The number of benzene rings is 2. The van der Waals surface area contributed by atoms with Gasteiger partial charge in [-0.05, 0) is 36.1 Å².